The SMILES string of the molecule is Cc1ccc(-c2nc(C(=O)N[C@H]3Cc4cccc(O)c4C3)cs2)o1. The minimum atomic E-state index is -0.196. The summed E-state index contributed by atoms with van der Waals surface area (Å²) in [7, 11) is 0. The Morgan fingerprint density at radius 1 is 1.33 bits per heavy atom. The molecule has 1 atom stereocenters. The number of phenolic OH excluding ortho intramolecular Hbond substituents is 1. The number of phenols is 1. The summed E-state index contributed by atoms with van der Waals surface area (Å²) in [5.41, 5.74) is 2.40. The lowest BCUT2D eigenvalue weighted by Gasteiger charge is -2.10. The molecular formula is C18H16N2O3S. The summed E-state index contributed by atoms with van der Waals surface area (Å²) in [4.78, 5) is 16.8. The molecule has 0 spiro atoms. The zero-order valence-corrected chi connectivity index (χ0v) is 13.9. The number of rotatable bonds is 3. The average molecular weight is 340 g/mol. The topological polar surface area (TPSA) is 75.4 Å². The highest BCUT2D eigenvalue weighted by Gasteiger charge is 2.26. The maximum Gasteiger partial charge on any atom is 0.271 e. The second-order valence-electron chi connectivity index (χ2n) is 5.94. The quantitative estimate of drug-likeness (QED) is 0.767. The van der Waals surface area contributed by atoms with Crippen LogP contribution >= 0.6 is 11.3 Å². The van der Waals surface area contributed by atoms with Crippen molar-refractivity contribution < 1.29 is 14.3 Å². The number of benzene rings is 1. The first-order valence-electron chi connectivity index (χ1n) is 7.73. The Labute approximate surface area is 143 Å². The molecule has 4 rings (SSSR count). The number of nitrogens with zero attached hydrogens (tertiary/aromatic N) is 1. The summed E-state index contributed by atoms with van der Waals surface area (Å²) < 4.78 is 5.54. The molecule has 3 aromatic rings. The van der Waals surface area contributed by atoms with Crippen LogP contribution in [0.15, 0.2) is 40.1 Å². The molecule has 2 aromatic heterocycles. The number of nitrogens with one attached hydrogen (secondary N) is 1. The number of carbonyl (C=O) groups excluding carboxylic acids is 1. The van der Waals surface area contributed by atoms with Crippen molar-refractivity contribution in [3.8, 4) is 16.5 Å². The third kappa shape index (κ3) is 2.69. The molecule has 5 nitrogen and oxygen atoms in total. The minimum Gasteiger partial charge on any atom is -0.508 e. The highest BCUT2D eigenvalue weighted by Crippen LogP contribution is 2.30. The van der Waals surface area contributed by atoms with E-state index in [1.807, 2.05) is 31.2 Å². The van der Waals surface area contributed by atoms with Gasteiger partial charge in [0.15, 0.2) is 10.8 Å². The van der Waals surface area contributed by atoms with Crippen LogP contribution in [0.5, 0.6) is 5.75 Å². The smallest absolute Gasteiger partial charge is 0.271 e. The Hall–Kier alpha value is -2.60. The van der Waals surface area contributed by atoms with Crippen molar-refractivity contribution in [1.29, 1.82) is 0 Å². The normalized spacial score (nSPS) is 16.1. The van der Waals surface area contributed by atoms with Crippen molar-refractivity contribution in [3.63, 3.8) is 0 Å². The fourth-order valence-electron chi connectivity index (χ4n) is 3.03. The van der Waals surface area contributed by atoms with E-state index in [0.717, 1.165) is 23.3 Å². The largest absolute Gasteiger partial charge is 0.508 e. The maximum absolute atomic E-state index is 12.4. The molecule has 6 heteroatoms. The third-order valence-corrected chi connectivity index (χ3v) is 5.05. The third-order valence-electron chi connectivity index (χ3n) is 4.19. The lowest BCUT2D eigenvalue weighted by atomic mass is 10.1. The standard InChI is InChI=1S/C18H16N2O3S/c1-10-5-6-16(23-10)18-20-14(9-24-18)17(22)19-12-7-11-3-2-4-15(21)13(11)8-12/h2-6,9,12,21H,7-8H2,1H3,(H,19,22)/t12-/m0/s1. The van der Waals surface area contributed by atoms with Gasteiger partial charge in [-0.25, -0.2) is 4.98 Å². The van der Waals surface area contributed by atoms with Gasteiger partial charge in [0.2, 0.25) is 0 Å². The van der Waals surface area contributed by atoms with Crippen molar-refractivity contribution in [2.45, 2.75) is 25.8 Å². The number of amides is 1. The number of fused-ring (bicyclic) bond motifs is 1. The molecule has 0 fully saturated rings. The summed E-state index contributed by atoms with van der Waals surface area (Å²) in [5, 5.41) is 15.3. The molecule has 0 saturated heterocycles. The molecule has 0 saturated carbocycles. The number of aromatic nitrogens is 1. The molecule has 24 heavy (non-hydrogen) atoms. The van der Waals surface area contributed by atoms with E-state index in [1.165, 1.54) is 11.3 Å². The van der Waals surface area contributed by atoms with Crippen LogP contribution in [-0.2, 0) is 12.8 Å². The van der Waals surface area contributed by atoms with Gasteiger partial charge in [0.25, 0.3) is 5.91 Å². The Morgan fingerprint density at radius 3 is 2.96 bits per heavy atom. The molecule has 0 aliphatic heterocycles. The van der Waals surface area contributed by atoms with Gasteiger partial charge in [-0.1, -0.05) is 12.1 Å². The van der Waals surface area contributed by atoms with Gasteiger partial charge < -0.3 is 14.8 Å². The monoisotopic (exact) mass is 340 g/mol. The zero-order chi connectivity index (χ0) is 16.7. The van der Waals surface area contributed by atoms with E-state index in [-0.39, 0.29) is 11.9 Å². The fourth-order valence-corrected chi connectivity index (χ4v) is 3.79. The van der Waals surface area contributed by atoms with E-state index in [9.17, 15) is 9.90 Å². The van der Waals surface area contributed by atoms with Crippen molar-refractivity contribution >= 4 is 17.2 Å². The van der Waals surface area contributed by atoms with Crippen LogP contribution in [-0.4, -0.2) is 22.0 Å². The van der Waals surface area contributed by atoms with Crippen LogP contribution < -0.4 is 5.32 Å². The molecule has 1 aromatic carbocycles. The van der Waals surface area contributed by atoms with E-state index in [1.54, 1.807) is 11.4 Å². The summed E-state index contributed by atoms with van der Waals surface area (Å²) in [5.74, 6) is 1.59. The van der Waals surface area contributed by atoms with E-state index >= 15 is 0 Å². The molecule has 1 aliphatic rings. The first-order chi connectivity index (χ1) is 11.6. The first-order valence-corrected chi connectivity index (χ1v) is 8.61. The van der Waals surface area contributed by atoms with Gasteiger partial charge in [-0.2, -0.15) is 0 Å². The number of furan rings is 1. The number of aryl methyl sites for hydroxylation is 1. The number of hydrogen-bond acceptors (Lipinski definition) is 5. The second kappa shape index (κ2) is 5.79. The highest BCUT2D eigenvalue weighted by molar-refractivity contribution is 7.13. The minimum absolute atomic E-state index is 0.0168. The predicted octanol–water partition coefficient (Wildman–Crippen LogP) is 3.31. The van der Waals surface area contributed by atoms with E-state index in [2.05, 4.69) is 10.3 Å². The first kappa shape index (κ1) is 15.0. The van der Waals surface area contributed by atoms with Crippen molar-refractivity contribution in [2.24, 2.45) is 0 Å². The van der Waals surface area contributed by atoms with Crippen LogP contribution in [0.1, 0.15) is 27.4 Å². The Morgan fingerprint density at radius 2 is 2.21 bits per heavy atom. The maximum atomic E-state index is 12.4. The van der Waals surface area contributed by atoms with Crippen LogP contribution in [0.4, 0.5) is 0 Å². The zero-order valence-electron chi connectivity index (χ0n) is 13.1. The van der Waals surface area contributed by atoms with Gasteiger partial charge in [-0.15, -0.1) is 11.3 Å². The van der Waals surface area contributed by atoms with E-state index < -0.39 is 0 Å². The highest BCUT2D eigenvalue weighted by atomic mass is 32.1. The van der Waals surface area contributed by atoms with Gasteiger partial charge in [0.05, 0.1) is 0 Å². The number of hydrogen-bond donors (Lipinski definition) is 2. The molecule has 1 amide bonds. The van der Waals surface area contributed by atoms with Gasteiger partial charge in [0.1, 0.15) is 17.2 Å². The molecule has 2 N–H and O–H groups in total. The second-order valence-corrected chi connectivity index (χ2v) is 6.80. The Kier molecular flexibility index (Phi) is 3.61. The number of aromatic hydroxyl groups is 1. The van der Waals surface area contributed by atoms with E-state index in [0.29, 0.717) is 28.6 Å². The molecule has 0 unspecified atom stereocenters. The van der Waals surface area contributed by atoms with Crippen molar-refractivity contribution in [1.82, 2.24) is 10.3 Å². The van der Waals surface area contributed by atoms with Gasteiger partial charge in [-0.05, 0) is 49.1 Å². The Bertz CT molecular complexity index is 913. The van der Waals surface area contributed by atoms with E-state index in [4.69, 9.17) is 4.42 Å². The van der Waals surface area contributed by atoms with Crippen molar-refractivity contribution in [2.75, 3.05) is 0 Å². The van der Waals surface area contributed by atoms with Crippen LogP contribution in [0.3, 0.4) is 0 Å². The molecule has 2 heterocycles. The van der Waals surface area contributed by atoms with Gasteiger partial charge in [-0.3, -0.25) is 4.79 Å². The lowest BCUT2D eigenvalue weighted by Crippen LogP contribution is -2.35. The molecule has 1 aliphatic carbocycles. The van der Waals surface area contributed by atoms with Gasteiger partial charge >= 0.3 is 0 Å². The van der Waals surface area contributed by atoms with Crippen molar-refractivity contribution in [3.05, 3.63) is 58.3 Å². The van der Waals surface area contributed by atoms with Crippen LogP contribution in [0, 0.1) is 6.92 Å². The summed E-state index contributed by atoms with van der Waals surface area (Å²) in [6.07, 6.45) is 1.37. The lowest BCUT2D eigenvalue weighted by molar-refractivity contribution is 0.0934. The summed E-state index contributed by atoms with van der Waals surface area (Å²) in [6.45, 7) is 1.87. The van der Waals surface area contributed by atoms with Crippen LogP contribution in [0.25, 0.3) is 10.8 Å². The van der Waals surface area contributed by atoms with Crippen LogP contribution in [0.2, 0.25) is 0 Å². The predicted molar refractivity (Wildman–Crippen MR) is 91.3 cm³/mol. The molecular weight excluding hydrogens is 324 g/mol. The average Bonchev–Trinajstić information content (AvgIpc) is 3.25. The summed E-state index contributed by atoms with van der Waals surface area (Å²) in [6, 6.07) is 9.21. The number of thiazole rings is 1. The molecule has 0 bridgehead atoms. The fraction of sp³-hybridized carbons (Fsp3) is 0.222. The molecule has 122 valence electrons. The number of carbonyl (C=O) groups is 1. The molecule has 0 radical (unpaired) electrons. The van der Waals surface area contributed by atoms with Gasteiger partial charge in [0, 0.05) is 11.4 Å². The summed E-state index contributed by atoms with van der Waals surface area (Å²) >= 11 is 1.39. The Balaban J connectivity index is 1.46.